The molecular formula is C20H26ClN3O3. The second-order valence-corrected chi connectivity index (χ2v) is 6.33. The summed E-state index contributed by atoms with van der Waals surface area (Å²) in [6.07, 6.45) is 0. The van der Waals surface area contributed by atoms with E-state index in [4.69, 9.17) is 10.5 Å². The molecule has 146 valence electrons. The maximum atomic E-state index is 11.9. The van der Waals surface area contributed by atoms with Crippen LogP contribution in [0.15, 0.2) is 54.6 Å². The first-order valence-electron chi connectivity index (χ1n) is 8.55. The molecule has 0 aromatic heterocycles. The second-order valence-electron chi connectivity index (χ2n) is 6.33. The van der Waals surface area contributed by atoms with Gasteiger partial charge in [0, 0.05) is 5.69 Å². The molecule has 7 heteroatoms. The Kier molecular flexibility index (Phi) is 9.33. The second kappa shape index (κ2) is 11.2. The van der Waals surface area contributed by atoms with E-state index in [2.05, 4.69) is 10.6 Å². The van der Waals surface area contributed by atoms with Gasteiger partial charge in [-0.3, -0.25) is 9.59 Å². The van der Waals surface area contributed by atoms with Crippen molar-refractivity contribution in [3.8, 4) is 5.75 Å². The fourth-order valence-electron chi connectivity index (χ4n) is 2.17. The average molecular weight is 392 g/mol. The van der Waals surface area contributed by atoms with Gasteiger partial charge in [-0.2, -0.15) is 0 Å². The number of benzene rings is 2. The molecule has 2 amide bonds. The number of hydrogen-bond acceptors (Lipinski definition) is 4. The third kappa shape index (κ3) is 7.68. The van der Waals surface area contributed by atoms with Gasteiger partial charge in [-0.05, 0) is 35.7 Å². The Morgan fingerprint density at radius 1 is 1.04 bits per heavy atom. The fraction of sp³-hybridized carbons (Fsp3) is 0.300. The molecule has 2 rings (SSSR count). The normalized spacial score (nSPS) is 11.3. The average Bonchev–Trinajstić information content (AvgIpc) is 2.65. The van der Waals surface area contributed by atoms with E-state index in [-0.39, 0.29) is 36.7 Å². The maximum absolute atomic E-state index is 11.9. The van der Waals surface area contributed by atoms with Crippen molar-refractivity contribution in [3.63, 3.8) is 0 Å². The molecule has 6 nitrogen and oxygen atoms in total. The van der Waals surface area contributed by atoms with E-state index in [1.54, 1.807) is 24.3 Å². The van der Waals surface area contributed by atoms with Crippen molar-refractivity contribution in [2.75, 3.05) is 11.9 Å². The molecule has 4 N–H and O–H groups in total. The van der Waals surface area contributed by atoms with Crippen LogP contribution in [0, 0.1) is 5.92 Å². The molecule has 0 saturated heterocycles. The van der Waals surface area contributed by atoms with Gasteiger partial charge in [0.15, 0.2) is 0 Å². The summed E-state index contributed by atoms with van der Waals surface area (Å²) in [6.45, 7) is 4.07. The Bertz CT molecular complexity index is 721. The number of hydrogen-bond donors (Lipinski definition) is 3. The standard InChI is InChI=1S/C20H25N3O3.ClH/c1-14(2)19(21)20(25)22-12-18(24)23-16-8-10-17(11-9-16)26-13-15-6-4-3-5-7-15;/h3-11,14,19H,12-13,21H2,1-2H3,(H,22,25)(H,23,24);1H/t19-;/m0./s1. The van der Waals surface area contributed by atoms with Crippen molar-refractivity contribution in [2.45, 2.75) is 26.5 Å². The fourth-order valence-corrected chi connectivity index (χ4v) is 2.17. The summed E-state index contributed by atoms with van der Waals surface area (Å²) >= 11 is 0. The van der Waals surface area contributed by atoms with Crippen molar-refractivity contribution < 1.29 is 14.3 Å². The zero-order valence-electron chi connectivity index (χ0n) is 15.5. The van der Waals surface area contributed by atoms with Gasteiger partial charge in [-0.15, -0.1) is 12.4 Å². The molecule has 2 aromatic carbocycles. The minimum absolute atomic E-state index is 0. The van der Waals surface area contributed by atoms with E-state index in [1.807, 2.05) is 44.2 Å². The number of ether oxygens (including phenoxy) is 1. The lowest BCUT2D eigenvalue weighted by Gasteiger charge is -2.15. The molecular weight excluding hydrogens is 366 g/mol. The predicted molar refractivity (Wildman–Crippen MR) is 109 cm³/mol. The van der Waals surface area contributed by atoms with Crippen LogP contribution < -0.4 is 21.1 Å². The molecule has 0 saturated carbocycles. The number of carbonyl (C=O) groups excluding carboxylic acids is 2. The number of halogens is 1. The first-order valence-corrected chi connectivity index (χ1v) is 8.55. The van der Waals surface area contributed by atoms with Crippen LogP contribution in [-0.2, 0) is 16.2 Å². The van der Waals surface area contributed by atoms with Crippen molar-refractivity contribution in [3.05, 3.63) is 60.2 Å². The minimum atomic E-state index is -0.621. The summed E-state index contributed by atoms with van der Waals surface area (Å²) in [5.74, 6) is 0.0802. The summed E-state index contributed by atoms with van der Waals surface area (Å²) in [5, 5.41) is 5.25. The third-order valence-electron chi connectivity index (χ3n) is 3.83. The molecule has 0 radical (unpaired) electrons. The van der Waals surface area contributed by atoms with Crippen LogP contribution in [0.1, 0.15) is 19.4 Å². The predicted octanol–water partition coefficient (Wildman–Crippen LogP) is 2.73. The molecule has 0 bridgehead atoms. The highest BCUT2D eigenvalue weighted by Crippen LogP contribution is 2.17. The molecule has 1 atom stereocenters. The molecule has 0 aliphatic rings. The summed E-state index contributed by atoms with van der Waals surface area (Å²) in [6, 6.07) is 16.3. The Balaban J connectivity index is 0.00000364. The highest BCUT2D eigenvalue weighted by atomic mass is 35.5. The van der Waals surface area contributed by atoms with Crippen molar-refractivity contribution >= 4 is 29.9 Å². The minimum Gasteiger partial charge on any atom is -0.489 e. The Labute approximate surface area is 165 Å². The number of amides is 2. The number of nitrogens with one attached hydrogen (secondary N) is 2. The molecule has 0 aliphatic carbocycles. The molecule has 27 heavy (non-hydrogen) atoms. The highest BCUT2D eigenvalue weighted by Gasteiger charge is 2.17. The van der Waals surface area contributed by atoms with Gasteiger partial charge in [0.25, 0.3) is 0 Å². The molecule has 0 fully saturated rings. The Morgan fingerprint density at radius 3 is 2.26 bits per heavy atom. The monoisotopic (exact) mass is 391 g/mol. The van der Waals surface area contributed by atoms with E-state index in [1.165, 1.54) is 0 Å². The lowest BCUT2D eigenvalue weighted by molar-refractivity contribution is -0.125. The summed E-state index contributed by atoms with van der Waals surface area (Å²) in [4.78, 5) is 23.6. The van der Waals surface area contributed by atoms with Crippen LogP contribution >= 0.6 is 12.4 Å². The van der Waals surface area contributed by atoms with Crippen LogP contribution in [0.25, 0.3) is 0 Å². The Morgan fingerprint density at radius 2 is 1.67 bits per heavy atom. The van der Waals surface area contributed by atoms with Crippen molar-refractivity contribution in [1.82, 2.24) is 5.32 Å². The molecule has 0 heterocycles. The van der Waals surface area contributed by atoms with Crippen LogP contribution in [0.2, 0.25) is 0 Å². The van der Waals surface area contributed by atoms with E-state index < -0.39 is 6.04 Å². The third-order valence-corrected chi connectivity index (χ3v) is 3.83. The molecule has 2 aromatic rings. The summed E-state index contributed by atoms with van der Waals surface area (Å²) in [7, 11) is 0. The van der Waals surface area contributed by atoms with Crippen molar-refractivity contribution in [1.29, 1.82) is 0 Å². The van der Waals surface area contributed by atoms with E-state index in [0.717, 1.165) is 5.56 Å². The van der Waals surface area contributed by atoms with Gasteiger partial charge in [0.2, 0.25) is 11.8 Å². The van der Waals surface area contributed by atoms with Gasteiger partial charge in [-0.25, -0.2) is 0 Å². The van der Waals surface area contributed by atoms with Gasteiger partial charge >= 0.3 is 0 Å². The van der Waals surface area contributed by atoms with E-state index in [9.17, 15) is 9.59 Å². The van der Waals surface area contributed by atoms with Gasteiger partial charge in [0.1, 0.15) is 12.4 Å². The van der Waals surface area contributed by atoms with Crippen LogP contribution in [-0.4, -0.2) is 24.4 Å². The van der Waals surface area contributed by atoms with Crippen LogP contribution in [0.3, 0.4) is 0 Å². The lowest BCUT2D eigenvalue weighted by atomic mass is 10.1. The topological polar surface area (TPSA) is 93.5 Å². The maximum Gasteiger partial charge on any atom is 0.243 e. The summed E-state index contributed by atoms with van der Waals surface area (Å²) < 4.78 is 5.70. The Hall–Kier alpha value is -2.57. The van der Waals surface area contributed by atoms with Gasteiger partial charge in [-0.1, -0.05) is 44.2 Å². The molecule has 0 spiro atoms. The zero-order chi connectivity index (χ0) is 18.9. The van der Waals surface area contributed by atoms with Gasteiger partial charge in [0.05, 0.1) is 12.6 Å². The summed E-state index contributed by atoms with van der Waals surface area (Å²) in [5.41, 5.74) is 7.44. The number of carbonyl (C=O) groups is 2. The number of anilines is 1. The molecule has 0 unspecified atom stereocenters. The first-order chi connectivity index (χ1) is 12.5. The largest absolute Gasteiger partial charge is 0.489 e. The number of nitrogens with two attached hydrogens (primary N) is 1. The zero-order valence-corrected chi connectivity index (χ0v) is 16.3. The van der Waals surface area contributed by atoms with Crippen LogP contribution in [0.5, 0.6) is 5.75 Å². The molecule has 0 aliphatic heterocycles. The van der Waals surface area contributed by atoms with Crippen LogP contribution in [0.4, 0.5) is 5.69 Å². The van der Waals surface area contributed by atoms with E-state index >= 15 is 0 Å². The highest BCUT2D eigenvalue weighted by molar-refractivity contribution is 5.95. The van der Waals surface area contributed by atoms with Gasteiger partial charge < -0.3 is 21.1 Å². The SMILES string of the molecule is CC(C)[C@H](N)C(=O)NCC(=O)Nc1ccc(OCc2ccccc2)cc1.Cl. The smallest absolute Gasteiger partial charge is 0.243 e. The quantitative estimate of drug-likeness (QED) is 0.645. The first kappa shape index (κ1) is 22.5. The van der Waals surface area contributed by atoms with E-state index in [0.29, 0.717) is 18.0 Å². The number of rotatable bonds is 8. The van der Waals surface area contributed by atoms with Crippen molar-refractivity contribution in [2.24, 2.45) is 11.7 Å². The lowest BCUT2D eigenvalue weighted by Crippen LogP contribution is -2.46.